The number of rotatable bonds is 15. The van der Waals surface area contributed by atoms with Crippen molar-refractivity contribution in [3.63, 3.8) is 0 Å². The molecule has 638 valence electrons. The molecule has 3 atom stereocenters. The Hall–Kier alpha value is -10.8. The SMILES string of the molecule is CC1(C)OB(C2=CCc3ccc(-c4c(F)cccc4F)cc32)OC1(C)C.COc1cc(C2=CCc3ccc(-c4c(F)cccc4F)cc32)nc(N[C@@H]2CCCN(C(=O)OC(C)(C)C)C2)n1.COc1cc(C2=CCc3ccc(-c4c(F)cccc4F)cc32)nc(N[C@@H]2CCCNC2)n1.COc1cc(Cl)nc(N[C@@H]2CCCN(C(=O)OC(C)(C)C)C2)n1.Cl. The van der Waals surface area contributed by atoms with Crippen molar-refractivity contribution in [1.82, 2.24) is 45.0 Å². The summed E-state index contributed by atoms with van der Waals surface area (Å²) in [6, 6.07) is 33.5. The minimum Gasteiger partial charge on any atom is -0.481 e. The molecule has 16 rings (SSSR count). The molecular formula is C91H101BCl2F6N12O9. The van der Waals surface area contributed by atoms with Gasteiger partial charge in [-0.05, 0) is 244 Å². The summed E-state index contributed by atoms with van der Waals surface area (Å²) < 4.78 is 125. The Morgan fingerprint density at radius 2 is 0.851 bits per heavy atom. The standard InChI is InChI=1S/C30H32F2N4O3.C25H24F2N4O.C21H21BF2O2.C15H23ClN4O3.ClH/c1-30(2,3)39-29(37)36-14-6-7-20(17-36)33-28-34-25(16-26(35-28)38-4)21-13-12-18-10-11-19(15-22(18)21)27-23(31)8-5-9-24(27)32;1-32-23-13-22(30-25(31-23)29-17-4-3-11-28-14-17)18-10-9-15-7-8-16(12-19(15)18)24-20(26)5-2-6-21(24)27;1-20(2)21(3,4)26-22(25-20)16-11-10-13-8-9-14(12-15(13)16)19-17(23)6-5-7-18(19)24;1-15(2,3)23-14(21)20-7-5-6-10(9-20)17-13-18-11(16)8-12(19-13)22-4;/h5,8-11,13,15-16,20H,6-7,12,14,17H2,1-4H3,(H,33,34,35);2,5-8,10,12-13,17,28H,3-4,9,11,14H2,1H3,(H,29,30,31);5-9,11-12H,10H2,1-4H3;8,10H,5-7,9H2,1-4H3,(H,17,18,19);1H/t20-;17-;;10-;/m11.1./s1. The van der Waals surface area contributed by atoms with Crippen molar-refractivity contribution in [2.75, 3.05) is 76.5 Å². The monoisotopic (exact) mass is 1700 g/mol. The lowest BCUT2D eigenvalue weighted by Crippen LogP contribution is -2.47. The van der Waals surface area contributed by atoms with Gasteiger partial charge in [0.25, 0.3) is 0 Å². The first-order valence-electron chi connectivity index (χ1n) is 40.3. The molecule has 0 bridgehead atoms. The van der Waals surface area contributed by atoms with Crippen molar-refractivity contribution >= 4 is 77.8 Å². The Morgan fingerprint density at radius 1 is 0.488 bits per heavy atom. The van der Waals surface area contributed by atoms with Crippen LogP contribution in [0.15, 0.2) is 146 Å². The average molecular weight is 1700 g/mol. The normalized spacial score (nSPS) is 18.0. The maximum absolute atomic E-state index is 14.5. The number of nitrogens with zero attached hydrogens (tertiary/aromatic N) is 8. The maximum Gasteiger partial charge on any atom is 0.495 e. The number of nitrogens with one attached hydrogen (secondary N) is 4. The zero-order chi connectivity index (χ0) is 85.5. The molecule has 4 fully saturated rings. The first-order chi connectivity index (χ1) is 57.2. The molecule has 4 N–H and O–H groups in total. The molecule has 4 aliphatic heterocycles. The summed E-state index contributed by atoms with van der Waals surface area (Å²) in [5, 5.41) is 13.7. The molecule has 0 unspecified atom stereocenters. The molecule has 2 amide bonds. The summed E-state index contributed by atoms with van der Waals surface area (Å²) in [6.45, 7) is 23.4. The van der Waals surface area contributed by atoms with Crippen LogP contribution in [-0.2, 0) is 38.0 Å². The molecule has 30 heteroatoms. The molecule has 3 aliphatic carbocycles. The predicted octanol–water partition coefficient (Wildman–Crippen LogP) is 19.4. The molecule has 21 nitrogen and oxygen atoms in total. The number of carbonyl (C=O) groups is 2. The number of piperidine rings is 3. The summed E-state index contributed by atoms with van der Waals surface area (Å²) in [7, 11) is 4.15. The van der Waals surface area contributed by atoms with Gasteiger partial charge in [0.05, 0.1) is 60.6 Å². The van der Waals surface area contributed by atoms with E-state index in [0.29, 0.717) is 101 Å². The van der Waals surface area contributed by atoms with E-state index in [1.807, 2.05) is 106 Å². The van der Waals surface area contributed by atoms with Crippen LogP contribution in [0.2, 0.25) is 5.15 Å². The second-order valence-corrected chi connectivity index (χ2v) is 33.7. The highest BCUT2D eigenvalue weighted by atomic mass is 35.5. The topological polar surface area (TPSA) is 231 Å². The summed E-state index contributed by atoms with van der Waals surface area (Å²) in [4.78, 5) is 55.0. The van der Waals surface area contributed by atoms with Crippen LogP contribution in [0.25, 0.3) is 50.0 Å². The molecule has 7 aliphatic rings. The van der Waals surface area contributed by atoms with Crippen LogP contribution in [0.3, 0.4) is 0 Å². The predicted molar refractivity (Wildman–Crippen MR) is 461 cm³/mol. The van der Waals surface area contributed by atoms with Gasteiger partial charge in [-0.25, -0.2) is 50.9 Å². The van der Waals surface area contributed by atoms with Crippen molar-refractivity contribution in [2.45, 2.75) is 168 Å². The number of amides is 2. The maximum atomic E-state index is 14.5. The van der Waals surface area contributed by atoms with Gasteiger partial charge < -0.3 is 64.1 Å². The summed E-state index contributed by atoms with van der Waals surface area (Å²) in [6.07, 6.45) is 13.3. The lowest BCUT2D eigenvalue weighted by molar-refractivity contribution is 0.00578. The number of hydrogen-bond acceptors (Lipinski definition) is 19. The Kier molecular flexibility index (Phi) is 28.2. The Balaban J connectivity index is 0.000000150. The third-order valence-electron chi connectivity index (χ3n) is 21.8. The first-order valence-corrected chi connectivity index (χ1v) is 40.7. The van der Waals surface area contributed by atoms with Crippen molar-refractivity contribution < 1.29 is 68.9 Å². The molecule has 9 aromatic rings. The molecule has 3 aromatic heterocycles. The molecule has 6 aromatic carbocycles. The summed E-state index contributed by atoms with van der Waals surface area (Å²) >= 11 is 5.94. The second-order valence-electron chi connectivity index (χ2n) is 33.3. The number of benzene rings is 6. The largest absolute Gasteiger partial charge is 0.495 e. The fourth-order valence-corrected chi connectivity index (χ4v) is 15.4. The van der Waals surface area contributed by atoms with Gasteiger partial charge in [-0.3, -0.25) is 0 Å². The number of hydrogen-bond donors (Lipinski definition) is 4. The lowest BCUT2D eigenvalue weighted by atomic mass is 9.75. The molecule has 0 spiro atoms. The average Bonchev–Trinajstić information content (AvgIpc) is 1.58. The summed E-state index contributed by atoms with van der Waals surface area (Å²) in [5.41, 5.74) is 9.43. The molecule has 7 heterocycles. The first kappa shape index (κ1) is 89.5. The fraction of sp³-hybridized carbons (Fsp3) is 0.385. The fourth-order valence-electron chi connectivity index (χ4n) is 15.2. The molecule has 4 saturated heterocycles. The van der Waals surface area contributed by atoms with E-state index in [0.717, 1.165) is 114 Å². The van der Waals surface area contributed by atoms with E-state index in [1.165, 1.54) is 68.8 Å². The van der Waals surface area contributed by atoms with E-state index >= 15 is 0 Å². The van der Waals surface area contributed by atoms with Crippen molar-refractivity contribution in [3.05, 3.63) is 230 Å². The van der Waals surface area contributed by atoms with Gasteiger partial charge in [0, 0.05) is 80.2 Å². The number of aromatic nitrogens is 6. The van der Waals surface area contributed by atoms with E-state index < -0.39 is 64.4 Å². The van der Waals surface area contributed by atoms with Gasteiger partial charge in [0.2, 0.25) is 35.5 Å². The van der Waals surface area contributed by atoms with Gasteiger partial charge in [-0.1, -0.05) is 84.4 Å². The highest BCUT2D eigenvalue weighted by molar-refractivity contribution is 6.69. The Bertz CT molecular complexity index is 5320. The van der Waals surface area contributed by atoms with E-state index in [-0.39, 0.29) is 59.4 Å². The van der Waals surface area contributed by atoms with E-state index in [4.69, 9.17) is 54.6 Å². The number of carbonyl (C=O) groups excluding carboxylic acids is 2. The van der Waals surface area contributed by atoms with Crippen LogP contribution in [-0.4, -0.2) is 160 Å². The quantitative estimate of drug-likeness (QED) is 0.0425. The lowest BCUT2D eigenvalue weighted by Gasteiger charge is -2.34. The zero-order valence-corrected chi connectivity index (χ0v) is 71.7. The number of halogens is 8. The minimum atomic E-state index is -0.610. The third-order valence-corrected chi connectivity index (χ3v) is 22.0. The summed E-state index contributed by atoms with van der Waals surface area (Å²) in [5.74, 6) is -0.979. The number of ether oxygens (including phenoxy) is 5. The highest BCUT2D eigenvalue weighted by Gasteiger charge is 2.53. The van der Waals surface area contributed by atoms with Crippen LogP contribution in [0.4, 0.5) is 53.8 Å². The van der Waals surface area contributed by atoms with Gasteiger partial charge in [0.15, 0.2) is 0 Å². The van der Waals surface area contributed by atoms with Crippen LogP contribution < -0.4 is 35.5 Å². The van der Waals surface area contributed by atoms with E-state index in [1.54, 1.807) is 59.4 Å². The molecule has 0 saturated carbocycles. The number of allylic oxidation sites excluding steroid dienone is 3. The van der Waals surface area contributed by atoms with Crippen LogP contribution >= 0.6 is 24.0 Å². The molecular weight excluding hydrogens is 1600 g/mol. The number of methoxy groups -OCH3 is 3. The molecule has 0 radical (unpaired) electrons. The smallest absolute Gasteiger partial charge is 0.481 e. The van der Waals surface area contributed by atoms with Gasteiger partial charge in [-0.2, -0.15) is 15.0 Å². The van der Waals surface area contributed by atoms with Crippen molar-refractivity contribution in [3.8, 4) is 51.0 Å². The van der Waals surface area contributed by atoms with E-state index in [2.05, 4.69) is 53.4 Å². The number of fused-ring (bicyclic) bond motifs is 3. The minimum absolute atomic E-state index is 0. The van der Waals surface area contributed by atoms with Crippen LogP contribution in [0.5, 0.6) is 17.6 Å². The van der Waals surface area contributed by atoms with Crippen molar-refractivity contribution in [2.24, 2.45) is 0 Å². The van der Waals surface area contributed by atoms with E-state index in [9.17, 15) is 35.9 Å². The second kappa shape index (κ2) is 38.1. The Morgan fingerprint density at radius 3 is 1.24 bits per heavy atom. The number of likely N-dealkylation sites (tertiary alicyclic amines) is 2. The van der Waals surface area contributed by atoms with Gasteiger partial charge >= 0.3 is 19.3 Å². The van der Waals surface area contributed by atoms with Gasteiger partial charge in [0.1, 0.15) is 51.3 Å². The molecule has 121 heavy (non-hydrogen) atoms. The zero-order valence-electron chi connectivity index (χ0n) is 70.1. The third kappa shape index (κ3) is 21.8. The van der Waals surface area contributed by atoms with Crippen molar-refractivity contribution in [1.29, 1.82) is 0 Å². The Labute approximate surface area is 713 Å². The van der Waals surface area contributed by atoms with Crippen LogP contribution in [0, 0.1) is 34.9 Å². The number of anilines is 3. The highest BCUT2D eigenvalue weighted by Crippen LogP contribution is 2.45. The van der Waals surface area contributed by atoms with Gasteiger partial charge in [-0.15, -0.1) is 12.4 Å². The van der Waals surface area contributed by atoms with Crippen LogP contribution in [0.1, 0.15) is 153 Å².